The molecule has 0 aromatic carbocycles. The van der Waals surface area contributed by atoms with Crippen LogP contribution in [0.2, 0.25) is 0 Å². The first-order chi connectivity index (χ1) is 9.13. The lowest BCUT2D eigenvalue weighted by atomic mass is 10.3. The third-order valence-corrected chi connectivity index (χ3v) is 2.74. The molecule has 1 heterocycles. The number of amides is 2. The van der Waals surface area contributed by atoms with Crippen molar-refractivity contribution in [2.75, 3.05) is 13.1 Å². The fraction of sp³-hybridized carbons (Fsp3) is 0.500. The lowest BCUT2D eigenvalue weighted by Gasteiger charge is -2.19. The van der Waals surface area contributed by atoms with Gasteiger partial charge in [-0.25, -0.2) is 0 Å². The molecule has 0 radical (unpaired) electrons. The topological polar surface area (TPSA) is 62.3 Å². The molecule has 0 spiro atoms. The molecule has 0 aliphatic rings. The van der Waals surface area contributed by atoms with Crippen LogP contribution in [-0.2, 0) is 16.1 Å². The molecule has 0 aliphatic heterocycles. The van der Waals surface area contributed by atoms with Crippen molar-refractivity contribution in [3.05, 3.63) is 30.1 Å². The van der Waals surface area contributed by atoms with Gasteiger partial charge in [0.25, 0.3) is 0 Å². The van der Waals surface area contributed by atoms with Crippen LogP contribution in [0.3, 0.4) is 0 Å². The molecule has 0 fully saturated rings. The van der Waals surface area contributed by atoms with Gasteiger partial charge in [0.05, 0.1) is 12.2 Å². The third kappa shape index (κ3) is 5.99. The molecule has 0 aliphatic carbocycles. The van der Waals surface area contributed by atoms with Gasteiger partial charge in [0.1, 0.15) is 0 Å². The van der Waals surface area contributed by atoms with E-state index in [2.05, 4.69) is 10.3 Å². The van der Waals surface area contributed by atoms with Crippen molar-refractivity contribution in [2.24, 2.45) is 0 Å². The van der Waals surface area contributed by atoms with Crippen molar-refractivity contribution in [3.63, 3.8) is 0 Å². The molecule has 5 heteroatoms. The number of rotatable bonds is 7. The monoisotopic (exact) mass is 263 g/mol. The zero-order chi connectivity index (χ0) is 14.1. The third-order valence-electron chi connectivity index (χ3n) is 2.74. The summed E-state index contributed by atoms with van der Waals surface area (Å²) >= 11 is 0. The summed E-state index contributed by atoms with van der Waals surface area (Å²) in [5, 5.41) is 2.80. The Balaban J connectivity index is 2.29. The molecule has 0 bridgehead atoms. The van der Waals surface area contributed by atoms with Crippen molar-refractivity contribution >= 4 is 11.8 Å². The Morgan fingerprint density at radius 3 is 2.68 bits per heavy atom. The minimum absolute atomic E-state index is 0.0133. The van der Waals surface area contributed by atoms with Crippen LogP contribution in [0.15, 0.2) is 24.4 Å². The zero-order valence-electron chi connectivity index (χ0n) is 11.6. The van der Waals surface area contributed by atoms with Gasteiger partial charge in [0.2, 0.25) is 11.8 Å². The smallest absolute Gasteiger partial charge is 0.222 e. The largest absolute Gasteiger partial charge is 0.350 e. The highest BCUT2D eigenvalue weighted by atomic mass is 16.2. The van der Waals surface area contributed by atoms with Crippen LogP contribution >= 0.6 is 0 Å². The summed E-state index contributed by atoms with van der Waals surface area (Å²) in [6.45, 7) is 5.13. The van der Waals surface area contributed by atoms with E-state index in [9.17, 15) is 9.59 Å². The van der Waals surface area contributed by atoms with Crippen LogP contribution in [0.25, 0.3) is 0 Å². The standard InChI is InChI=1S/C14H21N3O2/c1-3-9-17(12(2)18)10-7-14(19)16-11-13-6-4-5-8-15-13/h4-6,8H,3,7,9-11H2,1-2H3,(H,16,19). The van der Waals surface area contributed by atoms with Gasteiger partial charge in [-0.2, -0.15) is 0 Å². The normalized spacial score (nSPS) is 10.0. The average Bonchev–Trinajstić information content (AvgIpc) is 2.42. The molecule has 1 aromatic rings. The zero-order valence-corrected chi connectivity index (χ0v) is 11.6. The van der Waals surface area contributed by atoms with Crippen LogP contribution in [-0.4, -0.2) is 34.8 Å². The molecule has 0 unspecified atom stereocenters. The Morgan fingerprint density at radius 1 is 1.32 bits per heavy atom. The van der Waals surface area contributed by atoms with Crippen molar-refractivity contribution in [1.82, 2.24) is 15.2 Å². The van der Waals surface area contributed by atoms with Gasteiger partial charge in [-0.15, -0.1) is 0 Å². The van der Waals surface area contributed by atoms with Crippen LogP contribution in [0.1, 0.15) is 32.4 Å². The van der Waals surface area contributed by atoms with E-state index in [0.717, 1.165) is 12.1 Å². The molecule has 5 nitrogen and oxygen atoms in total. The second kappa shape index (κ2) is 8.24. The molecule has 19 heavy (non-hydrogen) atoms. The van der Waals surface area contributed by atoms with E-state index in [1.807, 2.05) is 25.1 Å². The number of nitrogens with zero attached hydrogens (tertiary/aromatic N) is 2. The number of pyridine rings is 1. The number of nitrogens with one attached hydrogen (secondary N) is 1. The first-order valence-corrected chi connectivity index (χ1v) is 6.55. The highest BCUT2D eigenvalue weighted by Crippen LogP contribution is 1.97. The summed E-state index contributed by atoms with van der Waals surface area (Å²) in [5.41, 5.74) is 0.827. The van der Waals surface area contributed by atoms with Gasteiger partial charge in [0, 0.05) is 32.6 Å². The van der Waals surface area contributed by atoms with Crippen molar-refractivity contribution in [2.45, 2.75) is 33.2 Å². The maximum Gasteiger partial charge on any atom is 0.222 e. The summed E-state index contributed by atoms with van der Waals surface area (Å²) in [7, 11) is 0. The number of aromatic nitrogens is 1. The highest BCUT2D eigenvalue weighted by Gasteiger charge is 2.09. The minimum Gasteiger partial charge on any atom is -0.350 e. The predicted octanol–water partition coefficient (Wildman–Crippen LogP) is 1.35. The van der Waals surface area contributed by atoms with Crippen molar-refractivity contribution in [1.29, 1.82) is 0 Å². The maximum absolute atomic E-state index is 11.7. The second-order valence-corrected chi connectivity index (χ2v) is 4.35. The van der Waals surface area contributed by atoms with Crippen LogP contribution in [0.4, 0.5) is 0 Å². The van der Waals surface area contributed by atoms with E-state index < -0.39 is 0 Å². The summed E-state index contributed by atoms with van der Waals surface area (Å²) in [4.78, 5) is 28.8. The molecule has 104 valence electrons. The number of hydrogen-bond donors (Lipinski definition) is 1. The van der Waals surface area contributed by atoms with Gasteiger partial charge >= 0.3 is 0 Å². The number of carbonyl (C=O) groups excluding carboxylic acids is 2. The molecule has 0 saturated heterocycles. The SMILES string of the molecule is CCCN(CCC(=O)NCc1ccccn1)C(C)=O. The molecule has 0 atom stereocenters. The predicted molar refractivity (Wildman–Crippen MR) is 73.2 cm³/mol. The average molecular weight is 263 g/mol. The van der Waals surface area contributed by atoms with E-state index in [1.54, 1.807) is 11.1 Å². The molecular weight excluding hydrogens is 242 g/mol. The van der Waals surface area contributed by atoms with Crippen molar-refractivity contribution < 1.29 is 9.59 Å². The Morgan fingerprint density at radius 2 is 2.11 bits per heavy atom. The van der Waals surface area contributed by atoms with E-state index in [4.69, 9.17) is 0 Å². The summed E-state index contributed by atoms with van der Waals surface area (Å²) in [5.74, 6) is -0.0487. The van der Waals surface area contributed by atoms with E-state index in [-0.39, 0.29) is 11.8 Å². The van der Waals surface area contributed by atoms with Crippen LogP contribution in [0, 0.1) is 0 Å². The second-order valence-electron chi connectivity index (χ2n) is 4.35. The molecule has 2 amide bonds. The fourth-order valence-electron chi connectivity index (χ4n) is 1.71. The quantitative estimate of drug-likeness (QED) is 0.807. The summed E-state index contributed by atoms with van der Waals surface area (Å²) < 4.78 is 0. The molecule has 1 N–H and O–H groups in total. The maximum atomic E-state index is 11.7. The first-order valence-electron chi connectivity index (χ1n) is 6.55. The Labute approximate surface area is 114 Å². The van der Waals surface area contributed by atoms with Gasteiger partial charge in [-0.05, 0) is 18.6 Å². The lowest BCUT2D eigenvalue weighted by Crippen LogP contribution is -2.34. The number of carbonyl (C=O) groups is 2. The van der Waals surface area contributed by atoms with E-state index in [0.29, 0.717) is 26.1 Å². The fourth-order valence-corrected chi connectivity index (χ4v) is 1.71. The molecule has 1 rings (SSSR count). The highest BCUT2D eigenvalue weighted by molar-refractivity contribution is 5.77. The van der Waals surface area contributed by atoms with Crippen LogP contribution < -0.4 is 5.32 Å². The first kappa shape index (κ1) is 15.1. The van der Waals surface area contributed by atoms with Gasteiger partial charge in [-0.1, -0.05) is 13.0 Å². The number of hydrogen-bond acceptors (Lipinski definition) is 3. The lowest BCUT2D eigenvalue weighted by molar-refractivity contribution is -0.129. The molecule has 1 aromatic heterocycles. The minimum atomic E-state index is -0.0620. The summed E-state index contributed by atoms with van der Waals surface area (Å²) in [6.07, 6.45) is 2.92. The van der Waals surface area contributed by atoms with Crippen LogP contribution in [0.5, 0.6) is 0 Å². The van der Waals surface area contributed by atoms with Crippen molar-refractivity contribution in [3.8, 4) is 0 Å². The van der Waals surface area contributed by atoms with Gasteiger partial charge in [0.15, 0.2) is 0 Å². The Kier molecular flexibility index (Phi) is 6.57. The van der Waals surface area contributed by atoms with E-state index >= 15 is 0 Å². The van der Waals surface area contributed by atoms with Gasteiger partial charge in [-0.3, -0.25) is 14.6 Å². The Bertz CT molecular complexity index is 406. The summed E-state index contributed by atoms with van der Waals surface area (Å²) in [6, 6.07) is 5.58. The van der Waals surface area contributed by atoms with E-state index in [1.165, 1.54) is 6.92 Å². The molecular formula is C14H21N3O2. The Hall–Kier alpha value is -1.91. The molecule has 0 saturated carbocycles. The van der Waals surface area contributed by atoms with Gasteiger partial charge < -0.3 is 10.2 Å².